The standard InChI is InChI=1S/C9H17Br/c1-2-3-4-5-6-7-8-9-10/h2H,1,3-9H2. The molecule has 0 aliphatic heterocycles. The van der Waals surface area contributed by atoms with E-state index in [1.165, 1.54) is 38.5 Å². The van der Waals surface area contributed by atoms with Gasteiger partial charge in [-0.1, -0.05) is 41.3 Å². The lowest BCUT2D eigenvalue weighted by Gasteiger charge is -1.96. The van der Waals surface area contributed by atoms with Gasteiger partial charge in [-0.15, -0.1) is 6.58 Å². The van der Waals surface area contributed by atoms with Crippen LogP contribution in [0, 0.1) is 0 Å². The molecule has 0 N–H and O–H groups in total. The largest absolute Gasteiger partial charge is 0.103 e. The summed E-state index contributed by atoms with van der Waals surface area (Å²) in [5.74, 6) is 0. The summed E-state index contributed by atoms with van der Waals surface area (Å²) in [5.41, 5.74) is 0. The molecule has 0 aromatic carbocycles. The van der Waals surface area contributed by atoms with Crippen LogP contribution in [0.4, 0.5) is 0 Å². The highest BCUT2D eigenvalue weighted by Gasteiger charge is 1.87. The van der Waals surface area contributed by atoms with Gasteiger partial charge >= 0.3 is 0 Å². The zero-order chi connectivity index (χ0) is 7.66. The van der Waals surface area contributed by atoms with Crippen LogP contribution in [0.1, 0.15) is 38.5 Å². The maximum Gasteiger partial charge on any atom is 0.00313 e. The average molecular weight is 205 g/mol. The topological polar surface area (TPSA) is 0 Å². The predicted octanol–water partition coefficient (Wildman–Crippen LogP) is 3.91. The van der Waals surface area contributed by atoms with E-state index in [4.69, 9.17) is 0 Å². The van der Waals surface area contributed by atoms with Gasteiger partial charge < -0.3 is 0 Å². The Morgan fingerprint density at radius 2 is 1.60 bits per heavy atom. The Bertz CT molecular complexity index is 69.1. The zero-order valence-electron chi connectivity index (χ0n) is 6.61. The van der Waals surface area contributed by atoms with Crippen LogP contribution in [-0.2, 0) is 0 Å². The molecule has 0 rings (SSSR count). The number of unbranched alkanes of at least 4 members (excludes halogenated alkanes) is 5. The smallest absolute Gasteiger partial charge is 0.00313 e. The molecule has 0 saturated heterocycles. The van der Waals surface area contributed by atoms with Gasteiger partial charge in [-0.3, -0.25) is 0 Å². The summed E-state index contributed by atoms with van der Waals surface area (Å²) < 4.78 is 0. The Morgan fingerprint density at radius 3 is 2.20 bits per heavy atom. The minimum atomic E-state index is 1.16. The molecule has 0 nitrogen and oxygen atoms in total. The molecular weight excluding hydrogens is 188 g/mol. The van der Waals surface area contributed by atoms with E-state index < -0.39 is 0 Å². The second kappa shape index (κ2) is 9.22. The van der Waals surface area contributed by atoms with Crippen LogP contribution in [0.5, 0.6) is 0 Å². The fourth-order valence-electron chi connectivity index (χ4n) is 0.913. The highest BCUT2D eigenvalue weighted by Crippen LogP contribution is 2.06. The first-order valence-electron chi connectivity index (χ1n) is 4.08. The summed E-state index contributed by atoms with van der Waals surface area (Å²) in [5, 5.41) is 1.16. The maximum absolute atomic E-state index is 3.69. The molecular formula is C9H17Br. The Kier molecular flexibility index (Phi) is 9.42. The highest BCUT2D eigenvalue weighted by molar-refractivity contribution is 9.09. The molecule has 0 saturated carbocycles. The van der Waals surface area contributed by atoms with Gasteiger partial charge in [-0.25, -0.2) is 0 Å². The van der Waals surface area contributed by atoms with E-state index in [0.717, 1.165) is 5.33 Å². The fourth-order valence-corrected chi connectivity index (χ4v) is 1.31. The third kappa shape index (κ3) is 8.22. The fraction of sp³-hybridized carbons (Fsp3) is 0.778. The molecule has 0 aromatic heterocycles. The normalized spacial score (nSPS) is 9.70. The van der Waals surface area contributed by atoms with Crippen molar-refractivity contribution in [2.45, 2.75) is 38.5 Å². The van der Waals surface area contributed by atoms with Crippen LogP contribution < -0.4 is 0 Å². The van der Waals surface area contributed by atoms with E-state index in [0.29, 0.717) is 0 Å². The first kappa shape index (κ1) is 10.2. The Labute approximate surface area is 72.8 Å². The van der Waals surface area contributed by atoms with E-state index in [1.54, 1.807) is 0 Å². The number of alkyl halides is 1. The van der Waals surface area contributed by atoms with Crippen molar-refractivity contribution < 1.29 is 0 Å². The molecule has 0 heterocycles. The van der Waals surface area contributed by atoms with E-state index in [-0.39, 0.29) is 0 Å². The number of rotatable bonds is 7. The monoisotopic (exact) mass is 204 g/mol. The number of hydrogen-bond donors (Lipinski definition) is 0. The van der Waals surface area contributed by atoms with Gasteiger partial charge in [0, 0.05) is 5.33 Å². The lowest BCUT2D eigenvalue weighted by Crippen LogP contribution is -1.78. The molecule has 0 amide bonds. The molecule has 0 aromatic rings. The van der Waals surface area contributed by atoms with Crippen molar-refractivity contribution >= 4 is 15.9 Å². The van der Waals surface area contributed by atoms with Crippen molar-refractivity contribution in [2.24, 2.45) is 0 Å². The summed E-state index contributed by atoms with van der Waals surface area (Å²) in [6, 6.07) is 0. The minimum absolute atomic E-state index is 1.16. The number of allylic oxidation sites excluding steroid dienone is 1. The van der Waals surface area contributed by atoms with Crippen LogP contribution in [0.15, 0.2) is 12.7 Å². The minimum Gasteiger partial charge on any atom is -0.103 e. The number of halogens is 1. The molecule has 10 heavy (non-hydrogen) atoms. The van der Waals surface area contributed by atoms with Gasteiger partial charge in [0.1, 0.15) is 0 Å². The summed E-state index contributed by atoms with van der Waals surface area (Å²) in [4.78, 5) is 0. The highest BCUT2D eigenvalue weighted by atomic mass is 79.9. The van der Waals surface area contributed by atoms with Crippen molar-refractivity contribution in [1.29, 1.82) is 0 Å². The first-order valence-corrected chi connectivity index (χ1v) is 5.21. The van der Waals surface area contributed by atoms with Crippen molar-refractivity contribution in [3.8, 4) is 0 Å². The molecule has 0 radical (unpaired) electrons. The summed E-state index contributed by atoms with van der Waals surface area (Å²) in [6.45, 7) is 3.69. The maximum atomic E-state index is 3.69. The molecule has 0 unspecified atom stereocenters. The number of hydrogen-bond acceptors (Lipinski definition) is 0. The molecule has 0 aliphatic carbocycles. The van der Waals surface area contributed by atoms with Gasteiger partial charge in [-0.2, -0.15) is 0 Å². The van der Waals surface area contributed by atoms with Crippen molar-refractivity contribution in [3.63, 3.8) is 0 Å². The second-order valence-corrected chi connectivity index (χ2v) is 3.33. The van der Waals surface area contributed by atoms with Gasteiger partial charge in [0.05, 0.1) is 0 Å². The van der Waals surface area contributed by atoms with Crippen molar-refractivity contribution in [2.75, 3.05) is 5.33 Å². The van der Waals surface area contributed by atoms with Crippen molar-refractivity contribution in [1.82, 2.24) is 0 Å². The van der Waals surface area contributed by atoms with Gasteiger partial charge in [0.15, 0.2) is 0 Å². The lowest BCUT2D eigenvalue weighted by atomic mass is 10.1. The third-order valence-corrected chi connectivity index (χ3v) is 2.10. The van der Waals surface area contributed by atoms with Crippen LogP contribution in [0.3, 0.4) is 0 Å². The van der Waals surface area contributed by atoms with Crippen LogP contribution in [0.2, 0.25) is 0 Å². The molecule has 0 fully saturated rings. The molecule has 60 valence electrons. The molecule has 1 heteroatoms. The van der Waals surface area contributed by atoms with E-state index >= 15 is 0 Å². The third-order valence-electron chi connectivity index (χ3n) is 1.54. The predicted molar refractivity (Wildman–Crippen MR) is 51.7 cm³/mol. The molecule has 0 bridgehead atoms. The zero-order valence-corrected chi connectivity index (χ0v) is 8.20. The van der Waals surface area contributed by atoms with E-state index in [9.17, 15) is 0 Å². The summed E-state index contributed by atoms with van der Waals surface area (Å²) in [7, 11) is 0. The van der Waals surface area contributed by atoms with E-state index in [2.05, 4.69) is 22.5 Å². The van der Waals surface area contributed by atoms with Crippen LogP contribution >= 0.6 is 15.9 Å². The summed E-state index contributed by atoms with van der Waals surface area (Å²) in [6.07, 6.45) is 9.99. The quantitative estimate of drug-likeness (QED) is 0.336. The van der Waals surface area contributed by atoms with Gasteiger partial charge in [0.25, 0.3) is 0 Å². The van der Waals surface area contributed by atoms with Crippen LogP contribution in [0.25, 0.3) is 0 Å². The lowest BCUT2D eigenvalue weighted by molar-refractivity contribution is 0.641. The average Bonchev–Trinajstić information content (AvgIpc) is 1.97. The second-order valence-electron chi connectivity index (χ2n) is 2.53. The van der Waals surface area contributed by atoms with Crippen molar-refractivity contribution in [3.05, 3.63) is 12.7 Å². The van der Waals surface area contributed by atoms with Gasteiger partial charge in [-0.05, 0) is 19.3 Å². The van der Waals surface area contributed by atoms with E-state index in [1.807, 2.05) is 6.08 Å². The SMILES string of the molecule is C=CCCCCCCCBr. The first-order chi connectivity index (χ1) is 4.91. The molecule has 0 atom stereocenters. The van der Waals surface area contributed by atoms with Gasteiger partial charge in [0.2, 0.25) is 0 Å². The Balaban J connectivity index is 2.70. The van der Waals surface area contributed by atoms with Crippen LogP contribution in [-0.4, -0.2) is 5.33 Å². The summed E-state index contributed by atoms with van der Waals surface area (Å²) >= 11 is 3.42. The Morgan fingerprint density at radius 1 is 1.00 bits per heavy atom. The molecule has 0 spiro atoms. The molecule has 0 aliphatic rings. The Hall–Kier alpha value is 0.220.